The number of benzene rings is 1. The molecule has 119 heavy (non-hydrogen) atoms. The number of rotatable bonds is 49. The zero-order valence-corrected chi connectivity index (χ0v) is 69.8. The number of carbonyl (C=O) groups excluding carboxylic acids is 21. The van der Waals surface area contributed by atoms with Gasteiger partial charge in [-0.15, -0.1) is 0 Å². The lowest BCUT2D eigenvalue weighted by atomic mass is 10.0. The minimum atomic E-state index is -1.31. The zero-order valence-electron chi connectivity index (χ0n) is 69.8. The lowest BCUT2D eigenvalue weighted by Crippen LogP contribution is -2.58. The van der Waals surface area contributed by atoms with Crippen LogP contribution in [-0.4, -0.2) is 276 Å². The number of phenolic OH excluding ortho intramolecular Hbond substituents is 1. The van der Waals surface area contributed by atoms with Crippen molar-refractivity contribution < 1.29 is 106 Å². The molecule has 21 amide bonds. The third-order valence-electron chi connectivity index (χ3n) is 18.5. The van der Waals surface area contributed by atoms with Crippen LogP contribution in [0.5, 0.6) is 5.75 Å². The second-order valence-corrected chi connectivity index (χ2v) is 29.2. The van der Waals surface area contributed by atoms with Gasteiger partial charge in [-0.3, -0.25) is 101 Å². The van der Waals surface area contributed by atoms with Gasteiger partial charge in [0.1, 0.15) is 115 Å². The first-order valence-electron chi connectivity index (χ1n) is 39.1. The number of nitrogens with zero attached hydrogens (tertiary/aromatic N) is 1. The Hall–Kier alpha value is -12.2. The molecule has 26 N–H and O–H groups in total. The summed E-state index contributed by atoms with van der Waals surface area (Å²) in [6.07, 6.45) is 2.84. The molecule has 664 valence electrons. The largest absolute Gasteiger partial charge is 0.508 e. The lowest BCUT2D eigenvalue weighted by Gasteiger charge is -2.28. The lowest BCUT2D eigenvalue weighted by molar-refractivity contribution is -0.141. The van der Waals surface area contributed by atoms with Crippen molar-refractivity contribution in [3.8, 4) is 5.75 Å². The van der Waals surface area contributed by atoms with Gasteiger partial charge in [0.15, 0.2) is 0 Å². The van der Waals surface area contributed by atoms with Gasteiger partial charge >= 0.3 is 0 Å². The molecule has 45 nitrogen and oxygen atoms in total. The van der Waals surface area contributed by atoms with Gasteiger partial charge in [-0.1, -0.05) is 12.1 Å². The molecule has 1 saturated heterocycles. The van der Waals surface area contributed by atoms with Crippen molar-refractivity contribution in [2.24, 2.45) is 17.2 Å². The molecule has 1 fully saturated rings. The number of carbonyl (C=O) groups is 21. The topological polar surface area (TPSA) is 689 Å². The Bertz CT molecular complexity index is 3790. The number of amides is 21. The second-order valence-electron chi connectivity index (χ2n) is 29.2. The maximum atomic E-state index is 13.7. The van der Waals surface area contributed by atoms with Crippen molar-refractivity contribution in [1.82, 2.24) is 106 Å². The molecule has 0 saturated carbocycles. The highest BCUT2D eigenvalue weighted by atomic mass is 16.3. The van der Waals surface area contributed by atoms with E-state index in [0.717, 1.165) is 0 Å². The summed E-state index contributed by atoms with van der Waals surface area (Å²) < 4.78 is 0. The normalized spacial score (nSPS) is 16.5. The standard InChI is InChI=1S/C74H121N23O22/c1-34(58(103)81-35(2)59(104)82-36(3)60(105)83-37(4)61(106)85-40(7)64(109)88-43(10)67(112)91-46(13)70(115)96-51(57(77)102)21-16-18-28-75)80-55(100)32-79-73(118)54-23-20-30-97(54)74(119)47(14)93-69(114)44(11)90-66(111)41(8)87-63(108)38(5)84-62(107)39(6)86-65(110)42(9)89-68(113)45(12)92-72(117)52(22-17-19-29-76)95-56(101)33-78-71(116)53(94-48(15)98)31-49-24-26-50(99)27-25-49/h24-27,34-47,51-54,99H,16-23,28-33,75-76H2,1-15H3,(H2,77,102)(H,78,116)(H,79,118)(H,80,100)(H,81,103)(H,82,104)(H,83,105)(H,84,107)(H,85,106)(H,86,110)(H,87,108)(H,88,109)(H,89,113)(H,90,111)(H,91,112)(H,92,117)(H,93,114)(H,94,98)(H,95,101)(H,96,115)/t34-,35-,36-,37-,38-,39-,40-,41-,42-,43-,44-,45-,46-,47-,51-,52-,53-,54-/m0/s1. The Labute approximate surface area is 689 Å². The van der Waals surface area contributed by atoms with Gasteiger partial charge in [0.05, 0.1) is 13.1 Å². The molecule has 1 heterocycles. The fourth-order valence-corrected chi connectivity index (χ4v) is 11.1. The Kier molecular flexibility index (Phi) is 44.2. The van der Waals surface area contributed by atoms with Gasteiger partial charge in [0.2, 0.25) is 124 Å². The van der Waals surface area contributed by atoms with Crippen LogP contribution in [0.25, 0.3) is 0 Å². The fraction of sp³-hybridized carbons (Fsp3) is 0.635. The van der Waals surface area contributed by atoms with E-state index in [4.69, 9.17) is 17.2 Å². The smallest absolute Gasteiger partial charge is 0.245 e. The number of nitrogens with two attached hydrogens (primary N) is 3. The van der Waals surface area contributed by atoms with E-state index >= 15 is 0 Å². The van der Waals surface area contributed by atoms with E-state index in [1.165, 1.54) is 121 Å². The second kappa shape index (κ2) is 51.1. The number of primary amides is 1. The first-order chi connectivity index (χ1) is 55.6. The summed E-state index contributed by atoms with van der Waals surface area (Å²) in [5.41, 5.74) is 17.1. The maximum Gasteiger partial charge on any atom is 0.245 e. The zero-order chi connectivity index (χ0) is 90.4. The molecule has 1 aromatic rings. The summed E-state index contributed by atoms with van der Waals surface area (Å²) in [6, 6.07) is -16.2. The molecule has 1 aliphatic heterocycles. The molecule has 2 rings (SSSR count). The number of likely N-dealkylation sites (tertiary alicyclic amines) is 1. The van der Waals surface area contributed by atoms with Gasteiger partial charge in [0.25, 0.3) is 0 Å². The summed E-state index contributed by atoms with van der Waals surface area (Å²) in [6.45, 7) is 18.8. The van der Waals surface area contributed by atoms with Crippen LogP contribution in [0.2, 0.25) is 0 Å². The van der Waals surface area contributed by atoms with Crippen LogP contribution in [0.15, 0.2) is 24.3 Å². The number of unbranched alkanes of at least 4 members (excludes halogenated alkanes) is 2. The number of phenols is 1. The van der Waals surface area contributed by atoms with Crippen molar-refractivity contribution in [1.29, 1.82) is 0 Å². The van der Waals surface area contributed by atoms with Gasteiger partial charge in [-0.05, 0) is 179 Å². The van der Waals surface area contributed by atoms with E-state index in [1.807, 2.05) is 0 Å². The van der Waals surface area contributed by atoms with E-state index in [1.54, 1.807) is 12.1 Å². The fourth-order valence-electron chi connectivity index (χ4n) is 11.1. The average Bonchev–Trinajstić information content (AvgIpc) is 1.04. The van der Waals surface area contributed by atoms with Crippen molar-refractivity contribution in [3.63, 3.8) is 0 Å². The van der Waals surface area contributed by atoms with Crippen LogP contribution in [0, 0.1) is 0 Å². The molecule has 18 atom stereocenters. The minimum absolute atomic E-state index is 0.00797. The predicted octanol–water partition coefficient (Wildman–Crippen LogP) is -9.56. The minimum Gasteiger partial charge on any atom is -0.508 e. The molecule has 1 aromatic carbocycles. The van der Waals surface area contributed by atoms with E-state index in [-0.39, 0.29) is 44.5 Å². The first-order valence-corrected chi connectivity index (χ1v) is 39.1. The highest BCUT2D eigenvalue weighted by Gasteiger charge is 2.39. The van der Waals surface area contributed by atoms with E-state index in [2.05, 4.69) is 101 Å². The van der Waals surface area contributed by atoms with Gasteiger partial charge in [-0.2, -0.15) is 0 Å². The van der Waals surface area contributed by atoms with Crippen LogP contribution in [0.3, 0.4) is 0 Å². The van der Waals surface area contributed by atoms with Crippen molar-refractivity contribution >= 4 is 124 Å². The molecule has 0 radical (unpaired) electrons. The van der Waals surface area contributed by atoms with E-state index < -0.39 is 246 Å². The molecule has 0 unspecified atom stereocenters. The Morgan fingerprint density at radius 1 is 0.353 bits per heavy atom. The molecule has 0 spiro atoms. The van der Waals surface area contributed by atoms with Crippen LogP contribution in [0.4, 0.5) is 0 Å². The van der Waals surface area contributed by atoms with Gasteiger partial charge in [0, 0.05) is 19.9 Å². The third kappa shape index (κ3) is 36.9. The SMILES string of the molecule is CC(=O)N[C@@H](Cc1ccc(O)cc1)C(=O)NCC(=O)N[C@@H](CCCCN)C(=O)N[C@@H](C)C(=O)N[C@@H](C)C(=O)N[C@@H](C)C(=O)N[C@@H](C)C(=O)N[C@@H](C)C(=O)N[C@@H](C)C(=O)N[C@@H](C)C(=O)N1CCC[C@H]1C(=O)NCC(=O)N[C@@H](C)C(=O)N[C@@H](C)C(=O)N[C@@H](C)C(=O)N[C@@H](C)C(=O)N[C@@H](C)C(=O)N[C@@H](C)C(=O)N[C@@H](C)C(=O)N[C@@H](CCCCN)C(N)=O. The van der Waals surface area contributed by atoms with Crippen LogP contribution in [-0.2, 0) is 107 Å². The van der Waals surface area contributed by atoms with Gasteiger partial charge in [-0.25, -0.2) is 0 Å². The Morgan fingerprint density at radius 3 is 0.975 bits per heavy atom. The monoisotopic (exact) mass is 1680 g/mol. The summed E-state index contributed by atoms with van der Waals surface area (Å²) in [5, 5.41) is 55.7. The molecule has 0 aliphatic carbocycles. The average molecular weight is 1680 g/mol. The molecular weight excluding hydrogens is 1560 g/mol. The molecule has 1 aliphatic rings. The van der Waals surface area contributed by atoms with Crippen molar-refractivity contribution in [2.45, 2.75) is 270 Å². The van der Waals surface area contributed by atoms with Crippen LogP contribution >= 0.6 is 0 Å². The van der Waals surface area contributed by atoms with Crippen molar-refractivity contribution in [3.05, 3.63) is 29.8 Å². The van der Waals surface area contributed by atoms with Crippen LogP contribution < -0.4 is 118 Å². The molecule has 45 heteroatoms. The summed E-state index contributed by atoms with van der Waals surface area (Å²) in [7, 11) is 0. The Balaban J connectivity index is 1.81. The number of nitrogens with one attached hydrogen (secondary N) is 19. The van der Waals surface area contributed by atoms with Crippen LogP contribution in [0.1, 0.15) is 161 Å². The Morgan fingerprint density at radius 2 is 0.647 bits per heavy atom. The highest BCUT2D eigenvalue weighted by Crippen LogP contribution is 2.19. The number of aromatic hydroxyl groups is 1. The van der Waals surface area contributed by atoms with E-state index in [9.17, 15) is 106 Å². The third-order valence-corrected chi connectivity index (χ3v) is 18.5. The molecular formula is C74H121N23O22. The van der Waals surface area contributed by atoms with E-state index in [0.29, 0.717) is 44.2 Å². The summed E-state index contributed by atoms with van der Waals surface area (Å²) in [5.74, 6) is -16.6. The highest BCUT2D eigenvalue weighted by molar-refractivity contribution is 6.01. The summed E-state index contributed by atoms with van der Waals surface area (Å²) in [4.78, 5) is 274. The van der Waals surface area contributed by atoms with Gasteiger partial charge < -0.3 is 128 Å². The number of hydrogen-bond acceptors (Lipinski definition) is 24. The number of hydrogen-bond donors (Lipinski definition) is 23. The summed E-state index contributed by atoms with van der Waals surface area (Å²) >= 11 is 0. The maximum absolute atomic E-state index is 13.7. The van der Waals surface area contributed by atoms with Crippen molar-refractivity contribution in [2.75, 3.05) is 32.7 Å². The first kappa shape index (κ1) is 103. The predicted molar refractivity (Wildman–Crippen MR) is 426 cm³/mol. The molecule has 0 aromatic heterocycles. The molecule has 0 bridgehead atoms. The quantitative estimate of drug-likeness (QED) is 0.0269.